The average molecular weight is 350 g/mol. The van der Waals surface area contributed by atoms with E-state index < -0.39 is 0 Å². The number of nitrogens with one attached hydrogen (secondary N) is 1. The minimum Gasteiger partial charge on any atom is -0.481 e. The molecule has 0 saturated heterocycles. The number of pyridine rings is 1. The Kier molecular flexibility index (Phi) is 4.56. The summed E-state index contributed by atoms with van der Waals surface area (Å²) in [4.78, 5) is 21.5. The lowest BCUT2D eigenvalue weighted by Crippen LogP contribution is -2.20. The van der Waals surface area contributed by atoms with Crippen molar-refractivity contribution in [2.24, 2.45) is 0 Å². The third-order valence-corrected chi connectivity index (χ3v) is 4.97. The van der Waals surface area contributed by atoms with Gasteiger partial charge in [-0.05, 0) is 31.0 Å². The standard InChI is InChI=1S/C20H22N4O2/c1-26-18-12-11-14(13-21-18)19(25)23-20-22-16-9-5-6-10-17(16)24(20)15-7-3-2-4-8-15/h5-6,9-13,15H,2-4,7-8H2,1H3,(H,22,23,25). The van der Waals surface area contributed by atoms with Crippen LogP contribution in [0.3, 0.4) is 0 Å². The van der Waals surface area contributed by atoms with Crippen LogP contribution in [0.4, 0.5) is 5.95 Å². The molecule has 1 amide bonds. The van der Waals surface area contributed by atoms with Gasteiger partial charge in [-0.3, -0.25) is 10.1 Å². The molecular weight excluding hydrogens is 328 g/mol. The van der Waals surface area contributed by atoms with Gasteiger partial charge in [0.15, 0.2) is 0 Å². The molecule has 1 fully saturated rings. The number of benzene rings is 1. The Morgan fingerprint density at radius 1 is 1.15 bits per heavy atom. The SMILES string of the molecule is COc1ccc(C(=O)Nc2nc3ccccc3n2C2CCCCC2)cn1. The summed E-state index contributed by atoms with van der Waals surface area (Å²) in [7, 11) is 1.55. The van der Waals surface area contributed by atoms with Gasteiger partial charge in [-0.1, -0.05) is 31.4 Å². The van der Waals surface area contributed by atoms with E-state index in [-0.39, 0.29) is 5.91 Å². The van der Waals surface area contributed by atoms with Crippen molar-refractivity contribution in [1.29, 1.82) is 0 Å². The number of carbonyl (C=O) groups is 1. The second kappa shape index (κ2) is 7.15. The lowest BCUT2D eigenvalue weighted by Gasteiger charge is -2.25. The monoisotopic (exact) mass is 350 g/mol. The van der Waals surface area contributed by atoms with Crippen LogP contribution in [0.5, 0.6) is 5.88 Å². The maximum absolute atomic E-state index is 12.7. The van der Waals surface area contributed by atoms with Crippen LogP contribution in [0, 0.1) is 0 Å². The number of carbonyl (C=O) groups excluding carboxylic acids is 1. The maximum Gasteiger partial charge on any atom is 0.259 e. The first-order valence-electron chi connectivity index (χ1n) is 9.04. The molecule has 134 valence electrons. The summed E-state index contributed by atoms with van der Waals surface area (Å²) in [6, 6.07) is 11.8. The second-order valence-electron chi connectivity index (χ2n) is 6.63. The smallest absolute Gasteiger partial charge is 0.259 e. The molecule has 0 aliphatic heterocycles. The highest BCUT2D eigenvalue weighted by Gasteiger charge is 2.22. The van der Waals surface area contributed by atoms with Crippen LogP contribution in [0.25, 0.3) is 11.0 Å². The van der Waals surface area contributed by atoms with Crippen LogP contribution in [0.2, 0.25) is 0 Å². The van der Waals surface area contributed by atoms with Crippen molar-refractivity contribution in [2.45, 2.75) is 38.1 Å². The predicted octanol–water partition coefficient (Wildman–Crippen LogP) is 4.20. The Balaban J connectivity index is 1.67. The zero-order valence-electron chi connectivity index (χ0n) is 14.8. The summed E-state index contributed by atoms with van der Waals surface area (Å²) in [6.07, 6.45) is 7.46. The fourth-order valence-electron chi connectivity index (χ4n) is 3.65. The zero-order chi connectivity index (χ0) is 17.9. The maximum atomic E-state index is 12.7. The van der Waals surface area contributed by atoms with Gasteiger partial charge < -0.3 is 9.30 Å². The number of nitrogens with zero attached hydrogens (tertiary/aromatic N) is 3. The van der Waals surface area contributed by atoms with E-state index in [9.17, 15) is 4.79 Å². The summed E-state index contributed by atoms with van der Waals surface area (Å²) in [5.41, 5.74) is 2.46. The molecule has 1 aliphatic rings. The number of hydrogen-bond acceptors (Lipinski definition) is 4. The third-order valence-electron chi connectivity index (χ3n) is 4.97. The number of aromatic nitrogens is 3. The first-order valence-corrected chi connectivity index (χ1v) is 9.04. The third kappa shape index (κ3) is 3.14. The number of ether oxygens (including phenoxy) is 1. The van der Waals surface area contributed by atoms with Gasteiger partial charge in [-0.15, -0.1) is 0 Å². The van der Waals surface area contributed by atoms with Crippen molar-refractivity contribution in [3.8, 4) is 5.88 Å². The Morgan fingerprint density at radius 2 is 1.96 bits per heavy atom. The van der Waals surface area contributed by atoms with E-state index in [4.69, 9.17) is 4.74 Å². The minimum absolute atomic E-state index is 0.215. The van der Waals surface area contributed by atoms with E-state index in [0.29, 0.717) is 23.4 Å². The number of fused-ring (bicyclic) bond motifs is 1. The molecule has 0 unspecified atom stereocenters. The van der Waals surface area contributed by atoms with Gasteiger partial charge in [-0.25, -0.2) is 9.97 Å². The quantitative estimate of drug-likeness (QED) is 0.766. The molecule has 1 N–H and O–H groups in total. The molecule has 1 saturated carbocycles. The Labute approximate surface area is 152 Å². The molecule has 2 aromatic heterocycles. The van der Waals surface area contributed by atoms with E-state index in [1.165, 1.54) is 25.5 Å². The normalized spacial score (nSPS) is 15.1. The molecule has 3 aromatic rings. The lowest BCUT2D eigenvalue weighted by molar-refractivity contribution is 0.102. The van der Waals surface area contributed by atoms with Crippen LogP contribution in [-0.4, -0.2) is 27.6 Å². The fourth-order valence-corrected chi connectivity index (χ4v) is 3.65. The number of hydrogen-bond donors (Lipinski definition) is 1. The summed E-state index contributed by atoms with van der Waals surface area (Å²) in [6.45, 7) is 0. The van der Waals surface area contributed by atoms with Gasteiger partial charge in [0.2, 0.25) is 11.8 Å². The van der Waals surface area contributed by atoms with Crippen molar-refractivity contribution in [1.82, 2.24) is 14.5 Å². The molecule has 1 aliphatic carbocycles. The van der Waals surface area contributed by atoms with Gasteiger partial charge in [0, 0.05) is 18.3 Å². The second-order valence-corrected chi connectivity index (χ2v) is 6.63. The highest BCUT2D eigenvalue weighted by molar-refractivity contribution is 6.04. The first-order chi connectivity index (χ1) is 12.8. The Hall–Kier alpha value is -2.89. The number of amides is 1. The molecular formula is C20H22N4O2. The molecule has 0 radical (unpaired) electrons. The van der Waals surface area contributed by atoms with E-state index >= 15 is 0 Å². The van der Waals surface area contributed by atoms with Crippen molar-refractivity contribution in [2.75, 3.05) is 12.4 Å². The fraction of sp³-hybridized carbons (Fsp3) is 0.350. The molecule has 6 nitrogen and oxygen atoms in total. The molecule has 0 spiro atoms. The zero-order valence-corrected chi connectivity index (χ0v) is 14.8. The number of anilines is 1. The Bertz CT molecular complexity index is 911. The van der Waals surface area contributed by atoms with Crippen LogP contribution >= 0.6 is 0 Å². The van der Waals surface area contributed by atoms with E-state index in [1.54, 1.807) is 19.2 Å². The largest absolute Gasteiger partial charge is 0.481 e. The Morgan fingerprint density at radius 3 is 2.69 bits per heavy atom. The number of para-hydroxylation sites is 2. The topological polar surface area (TPSA) is 69.0 Å². The first kappa shape index (κ1) is 16.6. The van der Waals surface area contributed by atoms with Crippen LogP contribution < -0.4 is 10.1 Å². The number of rotatable bonds is 4. The van der Waals surface area contributed by atoms with E-state index in [1.807, 2.05) is 18.2 Å². The summed E-state index contributed by atoms with van der Waals surface area (Å²) >= 11 is 0. The van der Waals surface area contributed by atoms with Crippen molar-refractivity contribution < 1.29 is 9.53 Å². The molecule has 0 bridgehead atoms. The van der Waals surface area contributed by atoms with Gasteiger partial charge >= 0.3 is 0 Å². The van der Waals surface area contributed by atoms with Crippen LogP contribution in [-0.2, 0) is 0 Å². The van der Waals surface area contributed by atoms with Gasteiger partial charge in [-0.2, -0.15) is 0 Å². The molecule has 0 atom stereocenters. The predicted molar refractivity (Wildman–Crippen MR) is 101 cm³/mol. The van der Waals surface area contributed by atoms with Crippen molar-refractivity contribution in [3.63, 3.8) is 0 Å². The molecule has 1 aromatic carbocycles. The molecule has 2 heterocycles. The highest BCUT2D eigenvalue weighted by Crippen LogP contribution is 2.34. The molecule has 26 heavy (non-hydrogen) atoms. The summed E-state index contributed by atoms with van der Waals surface area (Å²) in [5, 5.41) is 2.98. The molecule has 4 rings (SSSR count). The van der Waals surface area contributed by atoms with Gasteiger partial charge in [0.25, 0.3) is 5.91 Å². The van der Waals surface area contributed by atoms with E-state index in [2.05, 4.69) is 25.9 Å². The number of imidazole rings is 1. The summed E-state index contributed by atoms with van der Waals surface area (Å²) in [5.74, 6) is 0.877. The lowest BCUT2D eigenvalue weighted by atomic mass is 9.95. The summed E-state index contributed by atoms with van der Waals surface area (Å²) < 4.78 is 7.24. The van der Waals surface area contributed by atoms with Crippen molar-refractivity contribution in [3.05, 3.63) is 48.2 Å². The van der Waals surface area contributed by atoms with Crippen molar-refractivity contribution >= 4 is 22.9 Å². The van der Waals surface area contributed by atoms with Crippen LogP contribution in [0.1, 0.15) is 48.5 Å². The van der Waals surface area contributed by atoms with E-state index in [0.717, 1.165) is 23.9 Å². The molecule has 6 heteroatoms. The van der Waals surface area contributed by atoms with Gasteiger partial charge in [0.05, 0.1) is 23.7 Å². The average Bonchev–Trinajstić information content (AvgIpc) is 3.06. The van der Waals surface area contributed by atoms with Gasteiger partial charge in [0.1, 0.15) is 0 Å². The van der Waals surface area contributed by atoms with Crippen LogP contribution in [0.15, 0.2) is 42.6 Å². The highest BCUT2D eigenvalue weighted by atomic mass is 16.5. The number of methoxy groups -OCH3 is 1. The minimum atomic E-state index is -0.215.